The molecule has 0 radical (unpaired) electrons. The van der Waals surface area contributed by atoms with Crippen molar-refractivity contribution >= 4 is 5.97 Å². The SMILES string of the molecule is CCOC(=O)c1nn(C(F)F)cc1Cc1ccccc1. The lowest BCUT2D eigenvalue weighted by atomic mass is 10.1. The number of nitrogens with zero attached hydrogens (tertiary/aromatic N) is 2. The number of carbonyl (C=O) groups excluding carboxylic acids is 1. The number of benzene rings is 1. The molecule has 0 saturated heterocycles. The molecule has 0 spiro atoms. The van der Waals surface area contributed by atoms with Crippen molar-refractivity contribution in [3.63, 3.8) is 0 Å². The molecule has 0 bridgehead atoms. The molecule has 6 heteroatoms. The average molecular weight is 280 g/mol. The second-order valence-electron chi connectivity index (χ2n) is 4.14. The Kier molecular flexibility index (Phi) is 4.45. The molecule has 4 nitrogen and oxygen atoms in total. The minimum Gasteiger partial charge on any atom is -0.461 e. The van der Waals surface area contributed by atoms with Gasteiger partial charge in [0.25, 0.3) is 0 Å². The molecule has 1 aromatic heterocycles. The number of hydrogen-bond acceptors (Lipinski definition) is 3. The van der Waals surface area contributed by atoms with E-state index in [0.717, 1.165) is 5.56 Å². The molecule has 2 aromatic rings. The normalized spacial score (nSPS) is 10.8. The van der Waals surface area contributed by atoms with E-state index in [0.29, 0.717) is 16.7 Å². The lowest BCUT2D eigenvalue weighted by Gasteiger charge is -2.02. The van der Waals surface area contributed by atoms with Crippen LogP contribution in [0.3, 0.4) is 0 Å². The predicted octanol–water partition coefficient (Wildman–Crippen LogP) is 3.05. The van der Waals surface area contributed by atoms with Crippen LogP contribution in [0.15, 0.2) is 36.5 Å². The van der Waals surface area contributed by atoms with Crippen LogP contribution in [0.5, 0.6) is 0 Å². The number of hydrogen-bond donors (Lipinski definition) is 0. The van der Waals surface area contributed by atoms with Gasteiger partial charge in [0.05, 0.1) is 6.61 Å². The molecule has 0 unspecified atom stereocenters. The number of carbonyl (C=O) groups is 1. The van der Waals surface area contributed by atoms with Crippen molar-refractivity contribution < 1.29 is 18.3 Å². The summed E-state index contributed by atoms with van der Waals surface area (Å²) in [4.78, 5) is 11.7. The van der Waals surface area contributed by atoms with Gasteiger partial charge in [-0.2, -0.15) is 13.9 Å². The van der Waals surface area contributed by atoms with Crippen LogP contribution in [0.25, 0.3) is 0 Å². The summed E-state index contributed by atoms with van der Waals surface area (Å²) in [6.07, 6.45) is 1.53. The highest BCUT2D eigenvalue weighted by molar-refractivity contribution is 5.88. The quantitative estimate of drug-likeness (QED) is 0.791. The van der Waals surface area contributed by atoms with Crippen molar-refractivity contribution in [2.75, 3.05) is 6.61 Å². The summed E-state index contributed by atoms with van der Waals surface area (Å²) in [5, 5.41) is 3.62. The highest BCUT2D eigenvalue weighted by atomic mass is 19.3. The van der Waals surface area contributed by atoms with Gasteiger partial charge in [-0.1, -0.05) is 30.3 Å². The zero-order chi connectivity index (χ0) is 14.5. The molecule has 0 N–H and O–H groups in total. The molecule has 0 aliphatic carbocycles. The maximum atomic E-state index is 12.7. The molecular weight excluding hydrogens is 266 g/mol. The summed E-state index contributed by atoms with van der Waals surface area (Å²) in [7, 11) is 0. The second-order valence-corrected chi connectivity index (χ2v) is 4.14. The van der Waals surface area contributed by atoms with Gasteiger partial charge < -0.3 is 4.74 Å². The predicted molar refractivity (Wildman–Crippen MR) is 68.7 cm³/mol. The Hall–Kier alpha value is -2.24. The Morgan fingerprint density at radius 1 is 1.35 bits per heavy atom. The zero-order valence-corrected chi connectivity index (χ0v) is 10.9. The number of aromatic nitrogens is 2. The number of ether oxygens (including phenoxy) is 1. The summed E-state index contributed by atoms with van der Waals surface area (Å²) < 4.78 is 30.7. The monoisotopic (exact) mass is 280 g/mol. The maximum Gasteiger partial charge on any atom is 0.359 e. The molecule has 20 heavy (non-hydrogen) atoms. The minimum absolute atomic E-state index is 0.0593. The van der Waals surface area contributed by atoms with E-state index in [1.165, 1.54) is 6.20 Å². The minimum atomic E-state index is -2.78. The van der Waals surface area contributed by atoms with Crippen LogP contribution in [-0.4, -0.2) is 22.4 Å². The third-order valence-electron chi connectivity index (χ3n) is 2.71. The fourth-order valence-corrected chi connectivity index (χ4v) is 1.85. The highest BCUT2D eigenvalue weighted by Gasteiger charge is 2.20. The van der Waals surface area contributed by atoms with Gasteiger partial charge in [-0.05, 0) is 12.5 Å². The van der Waals surface area contributed by atoms with E-state index in [1.54, 1.807) is 6.92 Å². The number of rotatable bonds is 5. The van der Waals surface area contributed by atoms with Crippen LogP contribution in [0.2, 0.25) is 0 Å². The Balaban J connectivity index is 2.32. The van der Waals surface area contributed by atoms with Crippen LogP contribution < -0.4 is 0 Å². The van der Waals surface area contributed by atoms with Crippen LogP contribution in [0.4, 0.5) is 8.78 Å². The third-order valence-corrected chi connectivity index (χ3v) is 2.71. The first-order valence-corrected chi connectivity index (χ1v) is 6.19. The Morgan fingerprint density at radius 2 is 2.05 bits per heavy atom. The van der Waals surface area contributed by atoms with Gasteiger partial charge in [-0.15, -0.1) is 0 Å². The molecule has 2 rings (SSSR count). The topological polar surface area (TPSA) is 44.1 Å². The van der Waals surface area contributed by atoms with Gasteiger partial charge in [0.15, 0.2) is 5.69 Å². The first-order valence-electron chi connectivity index (χ1n) is 6.19. The highest BCUT2D eigenvalue weighted by Crippen LogP contribution is 2.18. The average Bonchev–Trinajstić information content (AvgIpc) is 2.84. The van der Waals surface area contributed by atoms with Crippen molar-refractivity contribution in [2.24, 2.45) is 0 Å². The molecule has 0 atom stereocenters. The van der Waals surface area contributed by atoms with E-state index in [1.807, 2.05) is 30.3 Å². The number of halogens is 2. The molecule has 0 aliphatic rings. The molecule has 0 fully saturated rings. The standard InChI is InChI=1S/C14H14F2N2O2/c1-2-20-13(19)12-11(9-18(17-12)14(15)16)8-10-6-4-3-5-7-10/h3-7,9,14H,2,8H2,1H3. The molecule has 1 heterocycles. The van der Waals surface area contributed by atoms with Gasteiger partial charge in [-0.25, -0.2) is 9.48 Å². The van der Waals surface area contributed by atoms with Crippen molar-refractivity contribution in [3.05, 3.63) is 53.3 Å². The zero-order valence-electron chi connectivity index (χ0n) is 10.9. The fraction of sp³-hybridized carbons (Fsp3) is 0.286. The second kappa shape index (κ2) is 6.27. The molecule has 0 amide bonds. The summed E-state index contributed by atoms with van der Waals surface area (Å²) in [5.41, 5.74) is 1.28. The van der Waals surface area contributed by atoms with Crippen molar-refractivity contribution in [1.82, 2.24) is 9.78 Å². The molecule has 1 aromatic carbocycles. The van der Waals surface area contributed by atoms with Gasteiger partial charge in [0.2, 0.25) is 0 Å². The largest absolute Gasteiger partial charge is 0.461 e. The first kappa shape index (κ1) is 14.2. The Morgan fingerprint density at radius 3 is 2.65 bits per heavy atom. The van der Waals surface area contributed by atoms with E-state index in [4.69, 9.17) is 4.74 Å². The van der Waals surface area contributed by atoms with E-state index in [9.17, 15) is 13.6 Å². The third kappa shape index (κ3) is 3.20. The van der Waals surface area contributed by atoms with Crippen LogP contribution in [0.1, 0.15) is 35.1 Å². The molecule has 0 aliphatic heterocycles. The lowest BCUT2D eigenvalue weighted by Crippen LogP contribution is -2.09. The lowest BCUT2D eigenvalue weighted by molar-refractivity contribution is 0.0480. The summed E-state index contributed by atoms with van der Waals surface area (Å²) >= 11 is 0. The van der Waals surface area contributed by atoms with E-state index in [-0.39, 0.29) is 12.3 Å². The van der Waals surface area contributed by atoms with Crippen molar-refractivity contribution in [2.45, 2.75) is 19.9 Å². The fourth-order valence-electron chi connectivity index (χ4n) is 1.85. The van der Waals surface area contributed by atoms with Gasteiger partial charge in [0, 0.05) is 18.2 Å². The first-order chi connectivity index (χ1) is 9.61. The Bertz CT molecular complexity index is 582. The van der Waals surface area contributed by atoms with Gasteiger partial charge >= 0.3 is 12.5 Å². The van der Waals surface area contributed by atoms with E-state index in [2.05, 4.69) is 5.10 Å². The van der Waals surface area contributed by atoms with Gasteiger partial charge in [0.1, 0.15) is 0 Å². The molecule has 0 saturated carbocycles. The van der Waals surface area contributed by atoms with Crippen LogP contribution in [-0.2, 0) is 11.2 Å². The molecule has 106 valence electrons. The maximum absolute atomic E-state index is 12.7. The van der Waals surface area contributed by atoms with Crippen LogP contribution in [0, 0.1) is 0 Å². The number of esters is 1. The van der Waals surface area contributed by atoms with E-state index < -0.39 is 12.5 Å². The summed E-state index contributed by atoms with van der Waals surface area (Å²) in [6.45, 7) is -0.961. The molecular formula is C14H14F2N2O2. The summed E-state index contributed by atoms with van der Waals surface area (Å²) in [5.74, 6) is -0.683. The Labute approximate surface area is 115 Å². The van der Waals surface area contributed by atoms with Gasteiger partial charge in [-0.3, -0.25) is 0 Å². The van der Waals surface area contributed by atoms with Crippen molar-refractivity contribution in [3.8, 4) is 0 Å². The smallest absolute Gasteiger partial charge is 0.359 e. The van der Waals surface area contributed by atoms with Crippen LogP contribution >= 0.6 is 0 Å². The van der Waals surface area contributed by atoms with E-state index >= 15 is 0 Å². The van der Waals surface area contributed by atoms with Crippen molar-refractivity contribution in [1.29, 1.82) is 0 Å². The summed E-state index contributed by atoms with van der Waals surface area (Å²) in [6, 6.07) is 9.26. The number of alkyl halides is 2.